The Morgan fingerprint density at radius 1 is 1.33 bits per heavy atom. The standard InChI is InChI=1S/C9H9NOS/c10-7-8-1-3-9(4-2-8)12-6-5-11/h1-4,11H,5-6H2. The Kier molecular flexibility index (Phi) is 3.65. The van der Waals surface area contributed by atoms with Gasteiger partial charge in [-0.05, 0) is 24.3 Å². The second-order valence-corrected chi connectivity index (χ2v) is 3.38. The summed E-state index contributed by atoms with van der Waals surface area (Å²) in [6, 6.07) is 9.38. The summed E-state index contributed by atoms with van der Waals surface area (Å²) < 4.78 is 0. The zero-order chi connectivity index (χ0) is 8.81. The minimum atomic E-state index is 0.185. The van der Waals surface area contributed by atoms with E-state index in [2.05, 4.69) is 6.07 Å². The maximum absolute atomic E-state index is 8.56. The van der Waals surface area contributed by atoms with E-state index in [1.807, 2.05) is 12.1 Å². The molecule has 1 rings (SSSR count). The number of rotatable bonds is 3. The Balaban J connectivity index is 2.60. The van der Waals surface area contributed by atoms with E-state index in [9.17, 15) is 0 Å². The summed E-state index contributed by atoms with van der Waals surface area (Å²) in [7, 11) is 0. The van der Waals surface area contributed by atoms with Crippen molar-refractivity contribution in [1.29, 1.82) is 5.26 Å². The molecule has 0 saturated carbocycles. The fourth-order valence-corrected chi connectivity index (χ4v) is 1.44. The van der Waals surface area contributed by atoms with Crippen LogP contribution in [0.15, 0.2) is 29.2 Å². The van der Waals surface area contributed by atoms with E-state index in [1.54, 1.807) is 23.9 Å². The molecule has 1 aromatic carbocycles. The van der Waals surface area contributed by atoms with E-state index in [0.717, 1.165) is 4.90 Å². The van der Waals surface area contributed by atoms with Gasteiger partial charge in [-0.3, -0.25) is 0 Å². The fourth-order valence-electron chi connectivity index (χ4n) is 0.789. The fraction of sp³-hybridized carbons (Fsp3) is 0.222. The molecule has 0 saturated heterocycles. The normalized spacial score (nSPS) is 9.33. The molecule has 0 aromatic heterocycles. The van der Waals surface area contributed by atoms with Crippen molar-refractivity contribution in [2.45, 2.75) is 4.90 Å². The predicted octanol–water partition coefficient (Wildman–Crippen LogP) is 1.64. The highest BCUT2D eigenvalue weighted by molar-refractivity contribution is 7.99. The Labute approximate surface area is 75.8 Å². The molecule has 0 radical (unpaired) electrons. The van der Waals surface area contributed by atoms with Crippen molar-refractivity contribution in [2.24, 2.45) is 0 Å². The van der Waals surface area contributed by atoms with Crippen LogP contribution in [0.25, 0.3) is 0 Å². The largest absolute Gasteiger partial charge is 0.396 e. The van der Waals surface area contributed by atoms with Crippen molar-refractivity contribution in [1.82, 2.24) is 0 Å². The van der Waals surface area contributed by atoms with Crippen LogP contribution in [-0.4, -0.2) is 17.5 Å². The van der Waals surface area contributed by atoms with Crippen LogP contribution >= 0.6 is 11.8 Å². The van der Waals surface area contributed by atoms with E-state index in [-0.39, 0.29) is 6.61 Å². The third kappa shape index (κ3) is 2.57. The van der Waals surface area contributed by atoms with E-state index >= 15 is 0 Å². The molecule has 0 amide bonds. The van der Waals surface area contributed by atoms with Crippen molar-refractivity contribution in [3.63, 3.8) is 0 Å². The molecule has 0 aliphatic carbocycles. The lowest BCUT2D eigenvalue weighted by molar-refractivity contribution is 0.322. The van der Waals surface area contributed by atoms with Gasteiger partial charge in [0, 0.05) is 10.6 Å². The van der Waals surface area contributed by atoms with Crippen molar-refractivity contribution in [2.75, 3.05) is 12.4 Å². The third-order valence-electron chi connectivity index (χ3n) is 1.34. The molecule has 12 heavy (non-hydrogen) atoms. The Hall–Kier alpha value is -0.980. The van der Waals surface area contributed by atoms with Gasteiger partial charge in [0.05, 0.1) is 18.2 Å². The van der Waals surface area contributed by atoms with Gasteiger partial charge in [-0.15, -0.1) is 11.8 Å². The van der Waals surface area contributed by atoms with Gasteiger partial charge in [-0.2, -0.15) is 5.26 Å². The molecule has 0 spiro atoms. The molecule has 62 valence electrons. The Morgan fingerprint density at radius 2 is 2.00 bits per heavy atom. The van der Waals surface area contributed by atoms with Crippen LogP contribution in [0.1, 0.15) is 5.56 Å². The minimum absolute atomic E-state index is 0.185. The van der Waals surface area contributed by atoms with Gasteiger partial charge in [0.1, 0.15) is 0 Å². The van der Waals surface area contributed by atoms with Gasteiger partial charge in [-0.1, -0.05) is 0 Å². The highest BCUT2D eigenvalue weighted by Crippen LogP contribution is 2.17. The number of benzene rings is 1. The average molecular weight is 179 g/mol. The van der Waals surface area contributed by atoms with Crippen LogP contribution in [-0.2, 0) is 0 Å². The molecular formula is C9H9NOS. The van der Waals surface area contributed by atoms with Gasteiger partial charge < -0.3 is 5.11 Å². The zero-order valence-electron chi connectivity index (χ0n) is 6.53. The van der Waals surface area contributed by atoms with E-state index < -0.39 is 0 Å². The predicted molar refractivity (Wildman–Crippen MR) is 49.0 cm³/mol. The molecule has 0 heterocycles. The number of nitrogens with zero attached hydrogens (tertiary/aromatic N) is 1. The lowest BCUT2D eigenvalue weighted by atomic mass is 10.2. The second kappa shape index (κ2) is 4.81. The van der Waals surface area contributed by atoms with Crippen LogP contribution in [0.5, 0.6) is 0 Å². The van der Waals surface area contributed by atoms with Gasteiger partial charge in [-0.25, -0.2) is 0 Å². The first kappa shape index (κ1) is 9.11. The first-order valence-corrected chi connectivity index (χ1v) is 4.59. The minimum Gasteiger partial charge on any atom is -0.396 e. The van der Waals surface area contributed by atoms with Crippen molar-refractivity contribution in [3.05, 3.63) is 29.8 Å². The van der Waals surface area contributed by atoms with Crippen molar-refractivity contribution >= 4 is 11.8 Å². The molecule has 3 heteroatoms. The van der Waals surface area contributed by atoms with Gasteiger partial charge in [0.25, 0.3) is 0 Å². The topological polar surface area (TPSA) is 44.0 Å². The molecule has 0 atom stereocenters. The lowest BCUT2D eigenvalue weighted by Gasteiger charge is -1.97. The molecule has 0 bridgehead atoms. The first-order chi connectivity index (χ1) is 5.86. The number of nitriles is 1. The lowest BCUT2D eigenvalue weighted by Crippen LogP contribution is -1.85. The SMILES string of the molecule is N#Cc1ccc(SCCO)cc1. The highest BCUT2D eigenvalue weighted by Gasteiger charge is 1.93. The highest BCUT2D eigenvalue weighted by atomic mass is 32.2. The van der Waals surface area contributed by atoms with Crippen LogP contribution in [0.3, 0.4) is 0 Å². The molecule has 0 aliphatic heterocycles. The maximum atomic E-state index is 8.56. The molecular weight excluding hydrogens is 170 g/mol. The molecule has 0 unspecified atom stereocenters. The maximum Gasteiger partial charge on any atom is 0.0991 e. The monoisotopic (exact) mass is 179 g/mol. The summed E-state index contributed by atoms with van der Waals surface area (Å²) in [5, 5.41) is 17.1. The number of hydrogen-bond donors (Lipinski definition) is 1. The van der Waals surface area contributed by atoms with E-state index in [1.165, 1.54) is 0 Å². The van der Waals surface area contributed by atoms with Crippen LogP contribution in [0.4, 0.5) is 0 Å². The summed E-state index contributed by atoms with van der Waals surface area (Å²) >= 11 is 1.58. The number of aliphatic hydroxyl groups excluding tert-OH is 1. The smallest absolute Gasteiger partial charge is 0.0991 e. The van der Waals surface area contributed by atoms with Crippen LogP contribution in [0.2, 0.25) is 0 Å². The first-order valence-electron chi connectivity index (χ1n) is 3.60. The Morgan fingerprint density at radius 3 is 2.50 bits per heavy atom. The number of thioether (sulfide) groups is 1. The Bertz CT molecular complexity index is 276. The van der Waals surface area contributed by atoms with Gasteiger partial charge in [0.15, 0.2) is 0 Å². The molecule has 0 aliphatic rings. The summed E-state index contributed by atoms with van der Waals surface area (Å²) in [5.41, 5.74) is 0.670. The van der Waals surface area contributed by atoms with Crippen molar-refractivity contribution in [3.8, 4) is 6.07 Å². The quantitative estimate of drug-likeness (QED) is 0.717. The summed E-state index contributed by atoms with van der Waals surface area (Å²) in [5.74, 6) is 0.700. The molecule has 1 aromatic rings. The van der Waals surface area contributed by atoms with Crippen LogP contribution < -0.4 is 0 Å². The van der Waals surface area contributed by atoms with E-state index in [4.69, 9.17) is 10.4 Å². The molecule has 2 nitrogen and oxygen atoms in total. The summed E-state index contributed by atoms with van der Waals surface area (Å²) in [6.45, 7) is 0.185. The molecule has 1 N–H and O–H groups in total. The number of aliphatic hydroxyl groups is 1. The van der Waals surface area contributed by atoms with Crippen LogP contribution in [0, 0.1) is 11.3 Å². The summed E-state index contributed by atoms with van der Waals surface area (Å²) in [6.07, 6.45) is 0. The van der Waals surface area contributed by atoms with E-state index in [0.29, 0.717) is 11.3 Å². The average Bonchev–Trinajstić information content (AvgIpc) is 2.15. The van der Waals surface area contributed by atoms with Crippen molar-refractivity contribution < 1.29 is 5.11 Å². The second-order valence-electron chi connectivity index (χ2n) is 2.21. The van der Waals surface area contributed by atoms with Gasteiger partial charge >= 0.3 is 0 Å². The zero-order valence-corrected chi connectivity index (χ0v) is 7.34. The third-order valence-corrected chi connectivity index (χ3v) is 2.34. The summed E-state index contributed by atoms with van der Waals surface area (Å²) in [4.78, 5) is 1.09. The molecule has 0 fully saturated rings. The van der Waals surface area contributed by atoms with Gasteiger partial charge in [0.2, 0.25) is 0 Å². The number of hydrogen-bond acceptors (Lipinski definition) is 3.